The number of pyridine rings is 1. The normalized spacial score (nSPS) is 11.2. The molecule has 0 atom stereocenters. The Morgan fingerprint density at radius 2 is 2.24 bits per heavy atom. The second-order valence-electron chi connectivity index (χ2n) is 3.65. The summed E-state index contributed by atoms with van der Waals surface area (Å²) >= 11 is 4.92. The molecule has 2 aromatic heterocycles. The fourth-order valence-corrected chi connectivity index (χ4v) is 3.56. The van der Waals surface area contributed by atoms with Crippen molar-refractivity contribution in [2.45, 2.75) is 0 Å². The van der Waals surface area contributed by atoms with Crippen molar-refractivity contribution in [2.75, 3.05) is 7.11 Å². The quantitative estimate of drug-likeness (QED) is 0.747. The number of rotatable bonds is 1. The van der Waals surface area contributed by atoms with Gasteiger partial charge in [-0.1, -0.05) is 0 Å². The number of H-pyrrole nitrogens is 1. The van der Waals surface area contributed by atoms with Crippen molar-refractivity contribution in [3.8, 4) is 5.75 Å². The maximum absolute atomic E-state index is 11.9. The van der Waals surface area contributed by atoms with Crippen molar-refractivity contribution < 1.29 is 4.74 Å². The van der Waals surface area contributed by atoms with Gasteiger partial charge in [0.2, 0.25) is 0 Å². The van der Waals surface area contributed by atoms with Crippen LogP contribution >= 0.6 is 27.3 Å². The molecule has 0 radical (unpaired) electrons. The Hall–Kier alpha value is -1.33. The zero-order valence-corrected chi connectivity index (χ0v) is 11.3. The van der Waals surface area contributed by atoms with Crippen LogP contribution in [-0.2, 0) is 0 Å². The molecule has 3 nitrogen and oxygen atoms in total. The molecule has 0 spiro atoms. The SMILES string of the molecule is COc1ccc2[nH]c(=O)c3scc(Br)c3c2c1. The average Bonchev–Trinajstić information content (AvgIpc) is 2.72. The number of fused-ring (bicyclic) bond motifs is 3. The summed E-state index contributed by atoms with van der Waals surface area (Å²) in [6.07, 6.45) is 0. The topological polar surface area (TPSA) is 42.1 Å². The van der Waals surface area contributed by atoms with Gasteiger partial charge in [0.25, 0.3) is 5.56 Å². The van der Waals surface area contributed by atoms with Gasteiger partial charge in [-0.15, -0.1) is 11.3 Å². The molecule has 0 saturated heterocycles. The van der Waals surface area contributed by atoms with Crippen LogP contribution in [0.4, 0.5) is 0 Å². The molecule has 1 N–H and O–H groups in total. The Morgan fingerprint density at radius 3 is 3.00 bits per heavy atom. The molecule has 86 valence electrons. The van der Waals surface area contributed by atoms with Gasteiger partial charge in [0.05, 0.1) is 7.11 Å². The summed E-state index contributed by atoms with van der Waals surface area (Å²) in [7, 11) is 1.63. The fourth-order valence-electron chi connectivity index (χ4n) is 1.90. The van der Waals surface area contributed by atoms with E-state index >= 15 is 0 Å². The van der Waals surface area contributed by atoms with E-state index in [0.29, 0.717) is 0 Å². The highest BCUT2D eigenvalue weighted by molar-refractivity contribution is 9.10. The molecule has 5 heteroatoms. The van der Waals surface area contributed by atoms with Crippen molar-refractivity contribution in [3.63, 3.8) is 0 Å². The molecule has 0 aliphatic carbocycles. The second kappa shape index (κ2) is 3.85. The first-order chi connectivity index (χ1) is 8.20. The van der Waals surface area contributed by atoms with Gasteiger partial charge in [0, 0.05) is 26.1 Å². The number of ether oxygens (including phenoxy) is 1. The van der Waals surface area contributed by atoms with Gasteiger partial charge in [-0.25, -0.2) is 0 Å². The second-order valence-corrected chi connectivity index (χ2v) is 5.39. The van der Waals surface area contributed by atoms with Crippen LogP contribution in [0.15, 0.2) is 32.8 Å². The van der Waals surface area contributed by atoms with E-state index in [9.17, 15) is 4.79 Å². The molecule has 0 bridgehead atoms. The molecule has 1 aromatic carbocycles. The third kappa shape index (κ3) is 1.57. The van der Waals surface area contributed by atoms with E-state index in [1.54, 1.807) is 7.11 Å². The molecule has 0 amide bonds. The van der Waals surface area contributed by atoms with Gasteiger partial charge in [0.1, 0.15) is 10.4 Å². The minimum Gasteiger partial charge on any atom is -0.497 e. The predicted octanol–water partition coefficient (Wildman–Crippen LogP) is 3.51. The van der Waals surface area contributed by atoms with E-state index in [0.717, 1.165) is 31.2 Å². The number of nitrogens with one attached hydrogen (secondary N) is 1. The van der Waals surface area contributed by atoms with Crippen LogP contribution in [0.2, 0.25) is 0 Å². The first kappa shape index (κ1) is 10.8. The minimum atomic E-state index is -0.0478. The van der Waals surface area contributed by atoms with Crippen molar-refractivity contribution in [1.82, 2.24) is 4.98 Å². The van der Waals surface area contributed by atoms with Gasteiger partial charge in [0.15, 0.2) is 0 Å². The molecule has 3 aromatic rings. The molecule has 0 unspecified atom stereocenters. The Labute approximate surface area is 109 Å². The van der Waals surface area contributed by atoms with E-state index < -0.39 is 0 Å². The summed E-state index contributed by atoms with van der Waals surface area (Å²) in [5.74, 6) is 0.781. The molecule has 2 heterocycles. The van der Waals surface area contributed by atoms with Crippen LogP contribution in [0.1, 0.15) is 0 Å². The van der Waals surface area contributed by atoms with Crippen LogP contribution in [0.3, 0.4) is 0 Å². The van der Waals surface area contributed by atoms with Crippen molar-refractivity contribution >= 4 is 48.3 Å². The van der Waals surface area contributed by atoms with Crippen LogP contribution in [0.25, 0.3) is 21.0 Å². The van der Waals surface area contributed by atoms with E-state index in [1.807, 2.05) is 23.6 Å². The van der Waals surface area contributed by atoms with Crippen molar-refractivity contribution in [2.24, 2.45) is 0 Å². The zero-order chi connectivity index (χ0) is 12.0. The van der Waals surface area contributed by atoms with Crippen molar-refractivity contribution in [1.29, 1.82) is 0 Å². The Kier molecular flexibility index (Phi) is 2.45. The van der Waals surface area contributed by atoms with Gasteiger partial charge in [-0.3, -0.25) is 4.79 Å². The summed E-state index contributed by atoms with van der Waals surface area (Å²) in [4.78, 5) is 14.7. The number of aromatic amines is 1. The highest BCUT2D eigenvalue weighted by atomic mass is 79.9. The summed E-state index contributed by atoms with van der Waals surface area (Å²) in [6, 6.07) is 5.63. The van der Waals surface area contributed by atoms with Crippen LogP contribution in [-0.4, -0.2) is 12.1 Å². The predicted molar refractivity (Wildman–Crippen MR) is 74.2 cm³/mol. The first-order valence-electron chi connectivity index (χ1n) is 4.97. The van der Waals surface area contributed by atoms with E-state index in [-0.39, 0.29) is 5.56 Å². The fraction of sp³-hybridized carbons (Fsp3) is 0.0833. The van der Waals surface area contributed by atoms with E-state index in [1.165, 1.54) is 11.3 Å². The monoisotopic (exact) mass is 309 g/mol. The third-order valence-corrected chi connectivity index (χ3v) is 4.60. The molecule has 0 fully saturated rings. The minimum absolute atomic E-state index is 0.0478. The molecular weight excluding hydrogens is 302 g/mol. The Balaban J connectivity index is 2.59. The number of hydrogen-bond donors (Lipinski definition) is 1. The van der Waals surface area contributed by atoms with Gasteiger partial charge in [-0.2, -0.15) is 0 Å². The van der Waals surface area contributed by atoms with Crippen LogP contribution in [0.5, 0.6) is 5.75 Å². The molecule has 3 rings (SSSR count). The summed E-state index contributed by atoms with van der Waals surface area (Å²) in [6.45, 7) is 0. The Morgan fingerprint density at radius 1 is 1.41 bits per heavy atom. The zero-order valence-electron chi connectivity index (χ0n) is 8.91. The van der Waals surface area contributed by atoms with Crippen LogP contribution < -0.4 is 10.3 Å². The number of benzene rings is 1. The lowest BCUT2D eigenvalue weighted by molar-refractivity contribution is 0.415. The molecular formula is C12H8BrNO2S. The van der Waals surface area contributed by atoms with Gasteiger partial charge >= 0.3 is 0 Å². The lowest BCUT2D eigenvalue weighted by Crippen LogP contribution is -2.04. The maximum Gasteiger partial charge on any atom is 0.266 e. The van der Waals surface area contributed by atoms with Crippen molar-refractivity contribution in [3.05, 3.63) is 38.4 Å². The summed E-state index contributed by atoms with van der Waals surface area (Å²) < 4.78 is 6.89. The number of hydrogen-bond acceptors (Lipinski definition) is 3. The number of thiophene rings is 1. The number of aromatic nitrogens is 1. The molecule has 17 heavy (non-hydrogen) atoms. The lowest BCUT2D eigenvalue weighted by atomic mass is 10.1. The highest BCUT2D eigenvalue weighted by Gasteiger charge is 2.10. The summed E-state index contributed by atoms with van der Waals surface area (Å²) in [5.41, 5.74) is 0.774. The molecule has 0 aliphatic heterocycles. The smallest absolute Gasteiger partial charge is 0.266 e. The Bertz CT molecular complexity index is 775. The van der Waals surface area contributed by atoms with E-state index in [4.69, 9.17) is 4.74 Å². The molecule has 0 aliphatic rings. The van der Waals surface area contributed by atoms with Crippen LogP contribution in [0, 0.1) is 0 Å². The standard InChI is InChI=1S/C12H8BrNO2S/c1-16-6-2-3-9-7(4-6)10-8(13)5-17-11(10)12(15)14-9/h2-5H,1H3,(H,14,15). The third-order valence-electron chi connectivity index (χ3n) is 2.70. The van der Waals surface area contributed by atoms with Gasteiger partial charge in [-0.05, 0) is 34.1 Å². The average molecular weight is 310 g/mol. The lowest BCUT2D eigenvalue weighted by Gasteiger charge is -2.04. The number of methoxy groups -OCH3 is 1. The van der Waals surface area contributed by atoms with E-state index in [2.05, 4.69) is 20.9 Å². The maximum atomic E-state index is 11.9. The van der Waals surface area contributed by atoms with Gasteiger partial charge < -0.3 is 9.72 Å². The highest BCUT2D eigenvalue weighted by Crippen LogP contribution is 2.34. The first-order valence-corrected chi connectivity index (χ1v) is 6.64. The largest absolute Gasteiger partial charge is 0.497 e. The molecule has 0 saturated carbocycles. The number of halogens is 1. The summed E-state index contributed by atoms with van der Waals surface area (Å²) in [5, 5.41) is 3.87.